The summed E-state index contributed by atoms with van der Waals surface area (Å²) in [5, 5.41) is 2.57. The summed E-state index contributed by atoms with van der Waals surface area (Å²) in [4.78, 5) is 46.0. The third-order valence-electron chi connectivity index (χ3n) is 8.07. The number of nitrogens with zero attached hydrogens (tertiary/aromatic N) is 3. The zero-order valence-electron chi connectivity index (χ0n) is 25.8. The van der Waals surface area contributed by atoms with E-state index in [0.29, 0.717) is 40.3 Å². The Hall–Kier alpha value is -5.39. The molecular formula is C34H34N4O8. The number of hydrogen-bond acceptors (Lipinski definition) is 10. The van der Waals surface area contributed by atoms with Gasteiger partial charge in [0.25, 0.3) is 0 Å². The minimum absolute atomic E-state index is 0.146. The van der Waals surface area contributed by atoms with Crippen LogP contribution in [-0.4, -0.2) is 51.6 Å². The van der Waals surface area contributed by atoms with E-state index in [2.05, 4.69) is 10.1 Å². The van der Waals surface area contributed by atoms with Gasteiger partial charge in [-0.2, -0.15) is 15.1 Å². The fourth-order valence-corrected chi connectivity index (χ4v) is 5.88. The van der Waals surface area contributed by atoms with Crippen molar-refractivity contribution in [1.82, 2.24) is 19.7 Å². The molecule has 5 aromatic rings. The van der Waals surface area contributed by atoms with Crippen LogP contribution in [0.4, 0.5) is 4.79 Å². The molecule has 0 amide bonds. The molecule has 0 aliphatic heterocycles. The SMILES string of the molecule is CCOc1nc2c(C(C)OC(=O)OC3CCCCC3)ccc(C(=O)OC)c2n1-c1ccc(-c2ccccc2-c2nc(=O)o[nH]2)cc1. The van der Waals surface area contributed by atoms with E-state index < -0.39 is 24.0 Å². The van der Waals surface area contributed by atoms with Gasteiger partial charge in [0, 0.05) is 11.1 Å². The number of carbonyl (C=O) groups excluding carboxylic acids is 2. The average Bonchev–Trinajstić information content (AvgIpc) is 3.68. The molecule has 12 nitrogen and oxygen atoms in total. The van der Waals surface area contributed by atoms with Crippen LogP contribution in [0.5, 0.6) is 6.01 Å². The summed E-state index contributed by atoms with van der Waals surface area (Å²) in [6.07, 6.45) is 3.23. The molecule has 2 heterocycles. The predicted octanol–water partition coefficient (Wildman–Crippen LogP) is 6.77. The smallest absolute Gasteiger partial charge is 0.465 e. The molecule has 2 aromatic heterocycles. The highest BCUT2D eigenvalue weighted by molar-refractivity contribution is 6.04. The largest absolute Gasteiger partial charge is 0.509 e. The molecule has 1 fully saturated rings. The average molecular weight is 627 g/mol. The van der Waals surface area contributed by atoms with Gasteiger partial charge in [-0.15, -0.1) is 0 Å². The van der Waals surface area contributed by atoms with Crippen LogP contribution in [0.1, 0.15) is 68.0 Å². The standard InChI is InChI=1S/C34H34N4O8/c1-4-43-32-35-28-24(20(2)44-34(41)45-23-10-6-5-7-11-23)18-19-27(31(39)42-3)29(28)38(32)22-16-14-21(15-17-22)25-12-8-9-13-26(25)30-36-33(40)46-37-30/h8-9,12-20,23H,4-7,10-11H2,1-3H3,(H,36,37,40). The van der Waals surface area contributed by atoms with Crippen molar-refractivity contribution >= 4 is 23.2 Å². The van der Waals surface area contributed by atoms with Crippen LogP contribution >= 0.6 is 0 Å². The van der Waals surface area contributed by atoms with Crippen LogP contribution in [0, 0.1) is 0 Å². The number of aromatic amines is 1. The minimum Gasteiger partial charge on any atom is -0.465 e. The predicted molar refractivity (Wildman–Crippen MR) is 168 cm³/mol. The van der Waals surface area contributed by atoms with Crippen molar-refractivity contribution in [3.63, 3.8) is 0 Å². The molecule has 12 heteroatoms. The lowest BCUT2D eigenvalue weighted by Crippen LogP contribution is -2.22. The molecule has 46 heavy (non-hydrogen) atoms. The molecule has 3 aromatic carbocycles. The molecule has 1 unspecified atom stereocenters. The van der Waals surface area contributed by atoms with Gasteiger partial charge >= 0.3 is 23.9 Å². The lowest BCUT2D eigenvalue weighted by Gasteiger charge is -2.22. The number of methoxy groups -OCH3 is 1. The van der Waals surface area contributed by atoms with Crippen LogP contribution in [0.25, 0.3) is 39.2 Å². The highest BCUT2D eigenvalue weighted by Crippen LogP contribution is 2.36. The van der Waals surface area contributed by atoms with Gasteiger partial charge in [-0.3, -0.25) is 4.57 Å². The zero-order chi connectivity index (χ0) is 32.2. The first kappa shape index (κ1) is 30.6. The van der Waals surface area contributed by atoms with Gasteiger partial charge in [-0.25, -0.2) is 14.4 Å². The third-order valence-corrected chi connectivity index (χ3v) is 8.07. The summed E-state index contributed by atoms with van der Waals surface area (Å²) in [5.41, 5.74) is 4.73. The Morgan fingerprint density at radius 1 is 1.00 bits per heavy atom. The summed E-state index contributed by atoms with van der Waals surface area (Å²) < 4.78 is 28.9. The summed E-state index contributed by atoms with van der Waals surface area (Å²) >= 11 is 0. The van der Waals surface area contributed by atoms with Crippen LogP contribution in [-0.2, 0) is 14.2 Å². The number of esters is 1. The molecule has 1 atom stereocenters. The van der Waals surface area contributed by atoms with Gasteiger partial charge in [0.05, 0.1) is 30.5 Å². The summed E-state index contributed by atoms with van der Waals surface area (Å²) in [6.45, 7) is 3.89. The molecule has 238 valence electrons. The first-order valence-electron chi connectivity index (χ1n) is 15.3. The monoisotopic (exact) mass is 626 g/mol. The number of hydrogen-bond donors (Lipinski definition) is 1. The van der Waals surface area contributed by atoms with Crippen molar-refractivity contribution in [2.75, 3.05) is 13.7 Å². The van der Waals surface area contributed by atoms with Gasteiger partial charge in [0.1, 0.15) is 17.7 Å². The number of fused-ring (bicyclic) bond motifs is 1. The maximum absolute atomic E-state index is 13.0. The van der Waals surface area contributed by atoms with Crippen LogP contribution in [0.2, 0.25) is 0 Å². The molecule has 0 saturated heterocycles. The number of nitrogens with one attached hydrogen (secondary N) is 1. The fraction of sp³-hybridized carbons (Fsp3) is 0.324. The first-order chi connectivity index (χ1) is 22.4. The van der Waals surface area contributed by atoms with E-state index in [1.165, 1.54) is 7.11 Å². The quantitative estimate of drug-likeness (QED) is 0.174. The highest BCUT2D eigenvalue weighted by atomic mass is 16.7. The van der Waals surface area contributed by atoms with Crippen LogP contribution in [0.15, 0.2) is 70.0 Å². The number of imidazole rings is 1. The number of carbonyl (C=O) groups is 2. The molecule has 1 aliphatic rings. The normalized spacial score (nSPS) is 14.2. The minimum atomic E-state index is -0.736. The van der Waals surface area contributed by atoms with Crippen molar-refractivity contribution in [2.45, 2.75) is 58.2 Å². The van der Waals surface area contributed by atoms with E-state index in [1.54, 1.807) is 23.6 Å². The zero-order valence-corrected chi connectivity index (χ0v) is 25.8. The topological polar surface area (TPSA) is 148 Å². The Labute approximate surface area is 264 Å². The van der Waals surface area contributed by atoms with Crippen molar-refractivity contribution < 1.29 is 33.1 Å². The van der Waals surface area contributed by atoms with E-state index in [-0.39, 0.29) is 17.7 Å². The van der Waals surface area contributed by atoms with Gasteiger partial charge < -0.3 is 23.5 Å². The van der Waals surface area contributed by atoms with E-state index in [9.17, 15) is 14.4 Å². The second-order valence-electron chi connectivity index (χ2n) is 11.0. The maximum Gasteiger partial charge on any atom is 0.509 e. The maximum atomic E-state index is 13.0. The molecular weight excluding hydrogens is 592 g/mol. The van der Waals surface area contributed by atoms with Gasteiger partial charge in [0.2, 0.25) is 0 Å². The van der Waals surface area contributed by atoms with E-state index >= 15 is 0 Å². The fourth-order valence-electron chi connectivity index (χ4n) is 5.88. The lowest BCUT2D eigenvalue weighted by atomic mass is 9.98. The molecule has 0 spiro atoms. The van der Waals surface area contributed by atoms with Crippen molar-refractivity contribution in [2.24, 2.45) is 0 Å². The lowest BCUT2D eigenvalue weighted by molar-refractivity contribution is -0.00727. The van der Waals surface area contributed by atoms with Crippen molar-refractivity contribution in [1.29, 1.82) is 0 Å². The Bertz CT molecular complexity index is 1920. The number of ether oxygens (including phenoxy) is 4. The number of H-pyrrole nitrogens is 1. The molecule has 6 rings (SSSR count). The molecule has 0 bridgehead atoms. The van der Waals surface area contributed by atoms with Crippen LogP contribution < -0.4 is 10.5 Å². The van der Waals surface area contributed by atoms with Crippen LogP contribution in [0.3, 0.4) is 0 Å². The number of rotatable bonds is 9. The summed E-state index contributed by atoms with van der Waals surface area (Å²) in [5.74, 6) is -0.950. The molecule has 1 aliphatic carbocycles. The van der Waals surface area contributed by atoms with Crippen molar-refractivity contribution in [3.05, 3.63) is 82.3 Å². The van der Waals surface area contributed by atoms with Gasteiger partial charge in [-0.05, 0) is 68.9 Å². The van der Waals surface area contributed by atoms with Gasteiger partial charge in [0.15, 0.2) is 5.82 Å². The number of benzene rings is 3. The first-order valence-corrected chi connectivity index (χ1v) is 15.3. The Kier molecular flexibility index (Phi) is 8.86. The van der Waals surface area contributed by atoms with E-state index in [0.717, 1.165) is 43.2 Å². The second kappa shape index (κ2) is 13.3. The molecule has 1 N–H and O–H groups in total. The van der Waals surface area contributed by atoms with Gasteiger partial charge in [-0.1, -0.05) is 48.9 Å². The molecule has 1 saturated carbocycles. The van der Waals surface area contributed by atoms with E-state index in [1.807, 2.05) is 55.5 Å². The van der Waals surface area contributed by atoms with E-state index in [4.69, 9.17) is 28.5 Å². The third kappa shape index (κ3) is 6.10. The number of aromatic nitrogens is 4. The Morgan fingerprint density at radius 2 is 1.74 bits per heavy atom. The van der Waals surface area contributed by atoms with Crippen molar-refractivity contribution in [3.8, 4) is 34.2 Å². The Balaban J connectivity index is 1.40. The summed E-state index contributed by atoms with van der Waals surface area (Å²) in [7, 11) is 1.31. The highest BCUT2D eigenvalue weighted by Gasteiger charge is 2.27. The second-order valence-corrected chi connectivity index (χ2v) is 11.0. The Morgan fingerprint density at radius 3 is 2.41 bits per heavy atom. The molecule has 0 radical (unpaired) electrons. The summed E-state index contributed by atoms with van der Waals surface area (Å²) in [6, 6.07) is 18.6.